The number of hydrogen-bond acceptors (Lipinski definition) is 6. The molecule has 3 aromatic rings. The quantitative estimate of drug-likeness (QED) is 0.682. The summed E-state index contributed by atoms with van der Waals surface area (Å²) in [5, 5.41) is 6.57. The number of benzene rings is 1. The van der Waals surface area contributed by atoms with Crippen molar-refractivity contribution in [3.05, 3.63) is 47.9 Å². The van der Waals surface area contributed by atoms with Gasteiger partial charge in [0.05, 0.1) is 11.0 Å². The lowest BCUT2D eigenvalue weighted by atomic mass is 9.96. The minimum absolute atomic E-state index is 0.0320. The van der Waals surface area contributed by atoms with Crippen LogP contribution < -0.4 is 0 Å². The second-order valence-corrected chi connectivity index (χ2v) is 6.27. The summed E-state index contributed by atoms with van der Waals surface area (Å²) in [6, 6.07) is 5.11. The highest BCUT2D eigenvalue weighted by molar-refractivity contribution is 5.97. The fraction of sp³-hybridized carbons (Fsp3) is 0.353. The topological polar surface area (TPSA) is 85.0 Å². The summed E-state index contributed by atoms with van der Waals surface area (Å²) < 4.78 is 42.5. The average molecular weight is 377 g/mol. The van der Waals surface area contributed by atoms with E-state index in [1.54, 1.807) is 35.5 Å². The van der Waals surface area contributed by atoms with E-state index in [-0.39, 0.29) is 17.7 Å². The first-order valence-corrected chi connectivity index (χ1v) is 8.32. The monoisotopic (exact) mass is 377 g/mol. The summed E-state index contributed by atoms with van der Waals surface area (Å²) in [6.07, 6.45) is -0.601. The minimum atomic E-state index is -4.65. The van der Waals surface area contributed by atoms with Crippen LogP contribution in [0.1, 0.15) is 40.9 Å². The van der Waals surface area contributed by atoms with Crippen LogP contribution >= 0.6 is 0 Å². The Morgan fingerprint density at radius 2 is 1.78 bits per heavy atom. The molecule has 0 atom stereocenters. The van der Waals surface area contributed by atoms with E-state index in [0.717, 1.165) is 0 Å². The summed E-state index contributed by atoms with van der Waals surface area (Å²) in [5.41, 5.74) is 1.83. The molecule has 2 aromatic heterocycles. The molecule has 0 saturated carbocycles. The van der Waals surface area contributed by atoms with Crippen LogP contribution in [-0.2, 0) is 6.18 Å². The van der Waals surface area contributed by atoms with Crippen LogP contribution in [0.5, 0.6) is 0 Å². The van der Waals surface area contributed by atoms with Crippen molar-refractivity contribution in [1.82, 2.24) is 25.1 Å². The third-order valence-electron chi connectivity index (χ3n) is 4.53. The Kier molecular flexibility index (Phi) is 4.25. The lowest BCUT2D eigenvalue weighted by Crippen LogP contribution is -2.38. The van der Waals surface area contributed by atoms with E-state index in [1.165, 1.54) is 0 Å². The molecule has 1 aliphatic rings. The summed E-state index contributed by atoms with van der Waals surface area (Å²) in [7, 11) is 0. The maximum Gasteiger partial charge on any atom is 0.470 e. The molecule has 4 rings (SSSR count). The molecule has 0 aliphatic carbocycles. The molecule has 0 unspecified atom stereocenters. The van der Waals surface area contributed by atoms with Crippen molar-refractivity contribution in [1.29, 1.82) is 0 Å². The van der Waals surface area contributed by atoms with Gasteiger partial charge in [-0.2, -0.15) is 13.2 Å². The zero-order valence-electron chi connectivity index (χ0n) is 14.0. The number of amides is 1. The molecule has 0 spiro atoms. The fourth-order valence-electron chi connectivity index (χ4n) is 3.12. The third-order valence-corrected chi connectivity index (χ3v) is 4.53. The number of hydrogen-bond donors (Lipinski definition) is 0. The smallest absolute Gasteiger partial charge is 0.417 e. The van der Waals surface area contributed by atoms with E-state index >= 15 is 0 Å². The van der Waals surface area contributed by atoms with Gasteiger partial charge in [0.1, 0.15) is 0 Å². The maximum absolute atomic E-state index is 12.7. The van der Waals surface area contributed by atoms with Crippen LogP contribution in [0, 0.1) is 0 Å². The lowest BCUT2D eigenvalue weighted by molar-refractivity contribution is -0.157. The average Bonchev–Trinajstić information content (AvgIpc) is 3.18. The Morgan fingerprint density at radius 1 is 1.07 bits per heavy atom. The molecule has 1 fully saturated rings. The van der Waals surface area contributed by atoms with E-state index in [1.807, 2.05) is 0 Å². The molecule has 3 heterocycles. The standard InChI is InChI=1S/C17H14F3N5O2/c18-17(19,20)16-24-23-14(27-16)10-3-7-25(8-4-10)15(26)11-1-2-12-13(9-11)22-6-5-21-12/h1-2,5-6,9-10H,3-4,7-8H2. The number of carbonyl (C=O) groups excluding carboxylic acids is 1. The highest BCUT2D eigenvalue weighted by atomic mass is 19.4. The van der Waals surface area contributed by atoms with Crippen molar-refractivity contribution in [3.63, 3.8) is 0 Å². The van der Waals surface area contributed by atoms with Gasteiger partial charge in [-0.05, 0) is 31.0 Å². The number of aromatic nitrogens is 4. The number of fused-ring (bicyclic) bond motifs is 1. The van der Waals surface area contributed by atoms with Gasteiger partial charge in [0.2, 0.25) is 5.89 Å². The van der Waals surface area contributed by atoms with Crippen LogP contribution in [-0.4, -0.2) is 44.1 Å². The zero-order valence-corrected chi connectivity index (χ0v) is 14.0. The van der Waals surface area contributed by atoms with Gasteiger partial charge < -0.3 is 9.32 Å². The normalized spacial score (nSPS) is 16.0. The van der Waals surface area contributed by atoms with Gasteiger partial charge in [-0.25, -0.2) is 0 Å². The highest BCUT2D eigenvalue weighted by Gasteiger charge is 2.39. The van der Waals surface area contributed by atoms with Crippen molar-refractivity contribution in [2.75, 3.05) is 13.1 Å². The molecule has 0 radical (unpaired) electrons. The number of halogens is 3. The molecule has 7 nitrogen and oxygen atoms in total. The van der Waals surface area contributed by atoms with Crippen molar-refractivity contribution in [2.45, 2.75) is 24.9 Å². The largest absolute Gasteiger partial charge is 0.470 e. The Balaban J connectivity index is 1.43. The van der Waals surface area contributed by atoms with Crippen molar-refractivity contribution in [3.8, 4) is 0 Å². The van der Waals surface area contributed by atoms with Gasteiger partial charge in [-0.15, -0.1) is 10.2 Å². The Bertz CT molecular complexity index is 980. The van der Waals surface area contributed by atoms with Gasteiger partial charge in [0, 0.05) is 37.0 Å². The number of alkyl halides is 3. The number of carbonyl (C=O) groups is 1. The summed E-state index contributed by atoms with van der Waals surface area (Å²) >= 11 is 0. The van der Waals surface area contributed by atoms with Crippen molar-refractivity contribution < 1.29 is 22.4 Å². The number of likely N-dealkylation sites (tertiary alicyclic amines) is 1. The SMILES string of the molecule is O=C(c1ccc2nccnc2c1)N1CCC(c2nnc(C(F)(F)F)o2)CC1. The zero-order chi connectivity index (χ0) is 19.0. The predicted molar refractivity (Wildman–Crippen MR) is 86.7 cm³/mol. The van der Waals surface area contributed by atoms with Gasteiger partial charge in [0.15, 0.2) is 0 Å². The molecular formula is C17H14F3N5O2. The van der Waals surface area contributed by atoms with Crippen LogP contribution in [0.3, 0.4) is 0 Å². The molecule has 140 valence electrons. The number of nitrogens with zero attached hydrogens (tertiary/aromatic N) is 5. The third kappa shape index (κ3) is 3.46. The molecule has 1 saturated heterocycles. The van der Waals surface area contributed by atoms with E-state index in [2.05, 4.69) is 20.2 Å². The van der Waals surface area contributed by atoms with Crippen LogP contribution in [0.25, 0.3) is 11.0 Å². The molecule has 1 aromatic carbocycles. The Labute approximate surface area is 151 Å². The predicted octanol–water partition coefficient (Wildman–Crippen LogP) is 3.05. The molecule has 0 N–H and O–H groups in total. The first-order valence-electron chi connectivity index (χ1n) is 8.32. The highest BCUT2D eigenvalue weighted by Crippen LogP contribution is 2.32. The van der Waals surface area contributed by atoms with Gasteiger partial charge in [-0.3, -0.25) is 14.8 Å². The van der Waals surface area contributed by atoms with E-state index in [9.17, 15) is 18.0 Å². The number of rotatable bonds is 2. The summed E-state index contributed by atoms with van der Waals surface area (Å²) in [5.74, 6) is -1.81. The first kappa shape index (κ1) is 17.4. The van der Waals surface area contributed by atoms with E-state index in [4.69, 9.17) is 4.42 Å². The second kappa shape index (κ2) is 6.60. The molecule has 10 heteroatoms. The van der Waals surface area contributed by atoms with Crippen LogP contribution in [0.15, 0.2) is 35.0 Å². The van der Waals surface area contributed by atoms with E-state index in [0.29, 0.717) is 42.5 Å². The van der Waals surface area contributed by atoms with Gasteiger partial charge >= 0.3 is 12.1 Å². The Morgan fingerprint density at radius 3 is 2.44 bits per heavy atom. The summed E-state index contributed by atoms with van der Waals surface area (Å²) in [6.45, 7) is 0.789. The van der Waals surface area contributed by atoms with Gasteiger partial charge in [0.25, 0.3) is 5.91 Å². The van der Waals surface area contributed by atoms with Crippen molar-refractivity contribution in [2.24, 2.45) is 0 Å². The molecular weight excluding hydrogens is 363 g/mol. The molecule has 1 aliphatic heterocycles. The van der Waals surface area contributed by atoms with Gasteiger partial charge in [-0.1, -0.05) is 0 Å². The fourth-order valence-corrected chi connectivity index (χ4v) is 3.12. The molecule has 1 amide bonds. The Hall–Kier alpha value is -3.04. The lowest BCUT2D eigenvalue weighted by Gasteiger charge is -2.30. The first-order chi connectivity index (χ1) is 12.9. The van der Waals surface area contributed by atoms with Crippen LogP contribution in [0.2, 0.25) is 0 Å². The summed E-state index contributed by atoms with van der Waals surface area (Å²) in [4.78, 5) is 22.7. The molecule has 0 bridgehead atoms. The second-order valence-electron chi connectivity index (χ2n) is 6.27. The van der Waals surface area contributed by atoms with Crippen LogP contribution in [0.4, 0.5) is 13.2 Å². The van der Waals surface area contributed by atoms with Crippen molar-refractivity contribution >= 4 is 16.9 Å². The number of piperidine rings is 1. The van der Waals surface area contributed by atoms with E-state index < -0.39 is 12.1 Å². The molecule has 27 heavy (non-hydrogen) atoms. The minimum Gasteiger partial charge on any atom is -0.417 e. The maximum atomic E-state index is 12.7.